The van der Waals surface area contributed by atoms with Gasteiger partial charge in [0.05, 0.1) is 12.8 Å². The zero-order valence-corrected chi connectivity index (χ0v) is 9.64. The summed E-state index contributed by atoms with van der Waals surface area (Å²) in [4.78, 5) is 27.5. The van der Waals surface area contributed by atoms with E-state index in [2.05, 4.69) is 4.98 Å². The molecule has 18 heavy (non-hydrogen) atoms. The van der Waals surface area contributed by atoms with E-state index in [-0.39, 0.29) is 11.8 Å². The maximum Gasteiger partial charge on any atom is 0.258 e. The number of hydrogen-bond acceptors (Lipinski definition) is 3. The summed E-state index contributed by atoms with van der Waals surface area (Å²) in [5, 5.41) is 0.778. The molecule has 0 saturated heterocycles. The number of fused-ring (bicyclic) bond motifs is 1. The first-order chi connectivity index (χ1) is 8.70. The molecule has 1 aliphatic heterocycles. The lowest BCUT2D eigenvalue weighted by molar-refractivity contribution is -0.119. The van der Waals surface area contributed by atoms with Crippen molar-refractivity contribution < 1.29 is 14.3 Å². The van der Waals surface area contributed by atoms with Crippen LogP contribution in [0.15, 0.2) is 36.5 Å². The second-order valence-electron chi connectivity index (χ2n) is 3.93. The number of benzene rings is 1. The monoisotopic (exact) mass is 242 g/mol. The van der Waals surface area contributed by atoms with Crippen molar-refractivity contribution >= 4 is 28.4 Å². The normalized spacial score (nSPS) is 14.8. The van der Waals surface area contributed by atoms with Crippen molar-refractivity contribution in [3.63, 3.8) is 0 Å². The number of nitrogens with one attached hydrogen (secondary N) is 1. The smallest absolute Gasteiger partial charge is 0.258 e. The van der Waals surface area contributed by atoms with Crippen molar-refractivity contribution in [3.05, 3.63) is 36.5 Å². The number of imide groups is 1. The first-order valence-electron chi connectivity index (χ1n) is 5.42. The Labute approximate surface area is 103 Å². The van der Waals surface area contributed by atoms with Crippen molar-refractivity contribution in [2.75, 3.05) is 12.0 Å². The SMILES string of the molecule is COc1ccc2[nH]cc(N3C(=O)C=CC3=O)c2c1. The fourth-order valence-electron chi connectivity index (χ4n) is 2.03. The average molecular weight is 242 g/mol. The summed E-state index contributed by atoms with van der Waals surface area (Å²) in [5.41, 5.74) is 1.39. The summed E-state index contributed by atoms with van der Waals surface area (Å²) in [5.74, 6) is 0.0165. The van der Waals surface area contributed by atoms with Crippen LogP contribution in [-0.2, 0) is 9.59 Å². The predicted octanol–water partition coefficient (Wildman–Crippen LogP) is 1.61. The third-order valence-corrected chi connectivity index (χ3v) is 2.92. The molecule has 0 atom stereocenters. The molecule has 2 amide bonds. The van der Waals surface area contributed by atoms with Crippen LogP contribution in [0, 0.1) is 0 Å². The summed E-state index contributed by atoms with van der Waals surface area (Å²) >= 11 is 0. The number of amides is 2. The minimum Gasteiger partial charge on any atom is -0.497 e. The fourth-order valence-corrected chi connectivity index (χ4v) is 2.03. The number of ether oxygens (including phenoxy) is 1. The van der Waals surface area contributed by atoms with Gasteiger partial charge in [-0.05, 0) is 18.2 Å². The van der Waals surface area contributed by atoms with E-state index in [1.165, 1.54) is 12.2 Å². The summed E-state index contributed by atoms with van der Waals surface area (Å²) in [7, 11) is 1.57. The van der Waals surface area contributed by atoms with E-state index >= 15 is 0 Å². The number of aromatic nitrogens is 1. The Hall–Kier alpha value is -2.56. The Kier molecular flexibility index (Phi) is 2.19. The van der Waals surface area contributed by atoms with Gasteiger partial charge >= 0.3 is 0 Å². The molecule has 0 aliphatic carbocycles. The highest BCUT2D eigenvalue weighted by atomic mass is 16.5. The van der Waals surface area contributed by atoms with Crippen molar-refractivity contribution in [1.29, 1.82) is 0 Å². The molecule has 5 heteroatoms. The van der Waals surface area contributed by atoms with E-state index in [0.717, 1.165) is 15.8 Å². The van der Waals surface area contributed by atoms with Crippen LogP contribution in [0.3, 0.4) is 0 Å². The van der Waals surface area contributed by atoms with E-state index in [9.17, 15) is 9.59 Å². The second kappa shape index (κ2) is 3.73. The topological polar surface area (TPSA) is 62.4 Å². The number of hydrogen-bond donors (Lipinski definition) is 1. The van der Waals surface area contributed by atoms with Crippen LogP contribution in [0.2, 0.25) is 0 Å². The Bertz CT molecular complexity index is 667. The van der Waals surface area contributed by atoms with Crippen LogP contribution in [0.1, 0.15) is 0 Å². The molecule has 0 saturated carbocycles. The molecule has 2 heterocycles. The van der Waals surface area contributed by atoms with Gasteiger partial charge in [0.25, 0.3) is 11.8 Å². The minimum atomic E-state index is -0.330. The maximum atomic E-state index is 11.7. The quantitative estimate of drug-likeness (QED) is 0.814. The largest absolute Gasteiger partial charge is 0.497 e. The minimum absolute atomic E-state index is 0.330. The van der Waals surface area contributed by atoms with Crippen LogP contribution in [0.4, 0.5) is 5.69 Å². The first kappa shape index (κ1) is 10.6. The molecule has 3 rings (SSSR count). The van der Waals surface area contributed by atoms with Crippen LogP contribution in [0.5, 0.6) is 5.75 Å². The van der Waals surface area contributed by atoms with Crippen LogP contribution >= 0.6 is 0 Å². The van der Waals surface area contributed by atoms with Gasteiger partial charge in [-0.2, -0.15) is 0 Å². The van der Waals surface area contributed by atoms with Gasteiger partial charge in [-0.1, -0.05) is 0 Å². The van der Waals surface area contributed by atoms with Gasteiger partial charge in [-0.15, -0.1) is 0 Å². The lowest BCUT2D eigenvalue weighted by atomic mass is 10.2. The van der Waals surface area contributed by atoms with E-state index < -0.39 is 0 Å². The van der Waals surface area contributed by atoms with E-state index in [4.69, 9.17) is 4.74 Å². The average Bonchev–Trinajstić information content (AvgIpc) is 2.92. The molecule has 0 bridgehead atoms. The molecule has 0 spiro atoms. The third kappa shape index (κ3) is 1.41. The van der Waals surface area contributed by atoms with Crippen LogP contribution in [-0.4, -0.2) is 23.9 Å². The molecule has 1 aliphatic rings. The first-order valence-corrected chi connectivity index (χ1v) is 5.42. The van der Waals surface area contributed by atoms with E-state index in [1.54, 1.807) is 19.4 Å². The summed E-state index contributed by atoms with van der Waals surface area (Å²) < 4.78 is 5.15. The van der Waals surface area contributed by atoms with Crippen LogP contribution in [0.25, 0.3) is 10.9 Å². The van der Waals surface area contributed by atoms with Crippen LogP contribution < -0.4 is 9.64 Å². The summed E-state index contributed by atoms with van der Waals surface area (Å²) in [6.45, 7) is 0. The predicted molar refractivity (Wildman–Crippen MR) is 66.5 cm³/mol. The fraction of sp³-hybridized carbons (Fsp3) is 0.0769. The number of anilines is 1. The number of carbonyl (C=O) groups excluding carboxylic acids is 2. The Morgan fingerprint density at radius 2 is 1.89 bits per heavy atom. The van der Waals surface area contributed by atoms with Gasteiger partial charge in [0.2, 0.25) is 0 Å². The van der Waals surface area contributed by atoms with Gasteiger partial charge in [0, 0.05) is 29.3 Å². The molecule has 0 radical (unpaired) electrons. The number of aromatic amines is 1. The molecule has 1 aromatic heterocycles. The number of H-pyrrole nitrogens is 1. The van der Waals surface area contributed by atoms with Crippen molar-refractivity contribution in [2.24, 2.45) is 0 Å². The number of methoxy groups -OCH3 is 1. The number of rotatable bonds is 2. The highest BCUT2D eigenvalue weighted by molar-refractivity contribution is 6.30. The van der Waals surface area contributed by atoms with Crippen molar-refractivity contribution in [3.8, 4) is 5.75 Å². The van der Waals surface area contributed by atoms with E-state index in [1.807, 2.05) is 12.1 Å². The Morgan fingerprint density at radius 3 is 2.56 bits per heavy atom. The highest BCUT2D eigenvalue weighted by Gasteiger charge is 2.27. The van der Waals surface area contributed by atoms with Gasteiger partial charge in [0.1, 0.15) is 5.75 Å². The second-order valence-corrected chi connectivity index (χ2v) is 3.93. The van der Waals surface area contributed by atoms with Crippen molar-refractivity contribution in [2.45, 2.75) is 0 Å². The van der Waals surface area contributed by atoms with Gasteiger partial charge < -0.3 is 9.72 Å². The molecule has 2 aromatic rings. The lowest BCUT2D eigenvalue weighted by Gasteiger charge is -2.12. The Morgan fingerprint density at radius 1 is 1.17 bits per heavy atom. The standard InChI is InChI=1S/C13H10N2O3/c1-18-8-2-3-10-9(6-8)11(7-14-10)15-12(16)4-5-13(15)17/h2-7,14H,1H3. The molecule has 90 valence electrons. The molecular formula is C13H10N2O3. The molecule has 1 aromatic carbocycles. The number of nitrogens with zero attached hydrogens (tertiary/aromatic N) is 1. The zero-order valence-electron chi connectivity index (χ0n) is 9.64. The molecule has 1 N–H and O–H groups in total. The molecule has 0 fully saturated rings. The third-order valence-electron chi connectivity index (χ3n) is 2.92. The number of carbonyl (C=O) groups is 2. The lowest BCUT2D eigenvalue weighted by Crippen LogP contribution is -2.29. The zero-order chi connectivity index (χ0) is 12.7. The van der Waals surface area contributed by atoms with Gasteiger partial charge in [-0.3, -0.25) is 9.59 Å². The highest BCUT2D eigenvalue weighted by Crippen LogP contribution is 2.31. The Balaban J connectivity index is 2.17. The molecular weight excluding hydrogens is 232 g/mol. The summed E-state index contributed by atoms with van der Waals surface area (Å²) in [6.07, 6.45) is 4.18. The van der Waals surface area contributed by atoms with Gasteiger partial charge in [0.15, 0.2) is 0 Å². The van der Waals surface area contributed by atoms with Crippen molar-refractivity contribution in [1.82, 2.24) is 4.98 Å². The maximum absolute atomic E-state index is 11.7. The summed E-state index contributed by atoms with van der Waals surface area (Å²) in [6, 6.07) is 5.45. The molecule has 5 nitrogen and oxygen atoms in total. The van der Waals surface area contributed by atoms with E-state index in [0.29, 0.717) is 11.4 Å². The van der Waals surface area contributed by atoms with Gasteiger partial charge in [-0.25, -0.2) is 4.90 Å². The molecule has 0 unspecified atom stereocenters.